The maximum Gasteiger partial charge on any atom is 0.0991 e. The molecule has 0 aliphatic carbocycles. The lowest BCUT2D eigenvalue weighted by Gasteiger charge is -2.19. The first kappa shape index (κ1) is 13.3. The van der Waals surface area contributed by atoms with E-state index in [4.69, 9.17) is 23.2 Å². The van der Waals surface area contributed by atoms with Gasteiger partial charge in [0.1, 0.15) is 0 Å². The zero-order valence-electron chi connectivity index (χ0n) is 9.31. The van der Waals surface area contributed by atoms with Crippen molar-refractivity contribution in [1.82, 2.24) is 5.32 Å². The molecule has 0 saturated carbocycles. The summed E-state index contributed by atoms with van der Waals surface area (Å²) >= 11 is 13.4. The average molecular weight is 266 g/mol. The molecule has 0 fully saturated rings. The molecule has 2 atom stereocenters. The van der Waals surface area contributed by atoms with Crippen molar-refractivity contribution >= 4 is 34.5 Å². The lowest BCUT2D eigenvalue weighted by atomic mass is 10.1. The fraction of sp³-hybridized carbons (Fsp3) is 0.636. The Balaban J connectivity index is 2.60. The molecule has 1 N–H and O–H groups in total. The Bertz CT molecular complexity index is 312. The largest absolute Gasteiger partial charge is 0.308 e. The monoisotopic (exact) mass is 265 g/mol. The van der Waals surface area contributed by atoms with E-state index in [0.29, 0.717) is 6.04 Å². The highest BCUT2D eigenvalue weighted by Gasteiger charge is 2.14. The van der Waals surface area contributed by atoms with E-state index in [1.165, 1.54) is 24.2 Å². The SMILES string of the molecule is CCCC(C)NC(C)c1cc(Cl)sc1Cl. The van der Waals surface area contributed by atoms with E-state index in [2.05, 4.69) is 26.1 Å². The van der Waals surface area contributed by atoms with Crippen LogP contribution in [0, 0.1) is 0 Å². The molecule has 0 bridgehead atoms. The number of rotatable bonds is 5. The predicted molar refractivity (Wildman–Crippen MR) is 70.3 cm³/mol. The Hall–Kier alpha value is 0.240. The molecule has 0 spiro atoms. The van der Waals surface area contributed by atoms with Crippen LogP contribution < -0.4 is 5.32 Å². The van der Waals surface area contributed by atoms with Gasteiger partial charge in [-0.1, -0.05) is 36.5 Å². The van der Waals surface area contributed by atoms with Crippen molar-refractivity contribution in [1.29, 1.82) is 0 Å². The van der Waals surface area contributed by atoms with Crippen molar-refractivity contribution in [3.63, 3.8) is 0 Å². The second-order valence-corrected chi connectivity index (χ2v) is 6.14. The topological polar surface area (TPSA) is 12.0 Å². The van der Waals surface area contributed by atoms with Gasteiger partial charge in [-0.15, -0.1) is 11.3 Å². The fourth-order valence-corrected chi connectivity index (χ4v) is 3.33. The van der Waals surface area contributed by atoms with Crippen molar-refractivity contribution in [2.75, 3.05) is 0 Å². The molecule has 1 aromatic heterocycles. The van der Waals surface area contributed by atoms with Crippen LogP contribution in [0.2, 0.25) is 8.67 Å². The summed E-state index contributed by atoms with van der Waals surface area (Å²) in [6.07, 6.45) is 2.37. The van der Waals surface area contributed by atoms with E-state index in [0.717, 1.165) is 14.2 Å². The minimum Gasteiger partial charge on any atom is -0.308 e. The minimum absolute atomic E-state index is 0.266. The summed E-state index contributed by atoms with van der Waals surface area (Å²) in [7, 11) is 0. The van der Waals surface area contributed by atoms with Crippen LogP contribution in [0.15, 0.2) is 6.07 Å². The highest BCUT2D eigenvalue weighted by atomic mass is 35.5. The Morgan fingerprint density at radius 3 is 2.53 bits per heavy atom. The highest BCUT2D eigenvalue weighted by Crippen LogP contribution is 2.34. The number of hydrogen-bond donors (Lipinski definition) is 1. The molecular weight excluding hydrogens is 249 g/mol. The van der Waals surface area contributed by atoms with Crippen molar-refractivity contribution in [3.05, 3.63) is 20.3 Å². The highest BCUT2D eigenvalue weighted by molar-refractivity contribution is 7.20. The summed E-state index contributed by atoms with van der Waals surface area (Å²) in [6.45, 7) is 6.51. The van der Waals surface area contributed by atoms with Crippen molar-refractivity contribution in [2.24, 2.45) is 0 Å². The van der Waals surface area contributed by atoms with Gasteiger partial charge in [-0.25, -0.2) is 0 Å². The minimum atomic E-state index is 0.266. The average Bonchev–Trinajstić information content (AvgIpc) is 2.45. The second-order valence-electron chi connectivity index (χ2n) is 3.86. The standard InChI is InChI=1S/C11H17Cl2NS/c1-4-5-7(2)14-8(3)9-6-10(12)15-11(9)13/h6-8,14H,4-5H2,1-3H3. The fourth-order valence-electron chi connectivity index (χ4n) is 1.68. The summed E-state index contributed by atoms with van der Waals surface area (Å²) in [4.78, 5) is 0. The summed E-state index contributed by atoms with van der Waals surface area (Å²) in [6, 6.07) is 2.73. The van der Waals surface area contributed by atoms with Gasteiger partial charge < -0.3 is 5.32 Å². The first-order chi connectivity index (χ1) is 7.04. The van der Waals surface area contributed by atoms with Crippen molar-refractivity contribution < 1.29 is 0 Å². The smallest absolute Gasteiger partial charge is 0.0991 e. The quantitative estimate of drug-likeness (QED) is 0.799. The third kappa shape index (κ3) is 3.95. The Morgan fingerprint density at radius 1 is 1.40 bits per heavy atom. The van der Waals surface area contributed by atoms with E-state index in [-0.39, 0.29) is 6.04 Å². The molecule has 1 aromatic rings. The van der Waals surface area contributed by atoms with Gasteiger partial charge in [0.25, 0.3) is 0 Å². The van der Waals surface area contributed by atoms with Gasteiger partial charge in [-0.05, 0) is 31.9 Å². The van der Waals surface area contributed by atoms with E-state index >= 15 is 0 Å². The van der Waals surface area contributed by atoms with Crippen LogP contribution in [0.1, 0.15) is 45.2 Å². The second kappa shape index (κ2) is 6.09. The number of halogens is 2. The molecule has 0 radical (unpaired) electrons. The number of hydrogen-bond acceptors (Lipinski definition) is 2. The van der Waals surface area contributed by atoms with E-state index < -0.39 is 0 Å². The van der Waals surface area contributed by atoms with Gasteiger partial charge in [0.05, 0.1) is 8.67 Å². The molecule has 2 unspecified atom stereocenters. The maximum absolute atomic E-state index is 6.09. The Morgan fingerprint density at radius 2 is 2.07 bits per heavy atom. The molecule has 0 aromatic carbocycles. The van der Waals surface area contributed by atoms with Crippen LogP contribution >= 0.6 is 34.5 Å². The summed E-state index contributed by atoms with van der Waals surface area (Å²) in [5, 5.41) is 3.51. The van der Waals surface area contributed by atoms with E-state index in [9.17, 15) is 0 Å². The lowest BCUT2D eigenvalue weighted by Crippen LogP contribution is -2.28. The summed E-state index contributed by atoms with van der Waals surface area (Å²) < 4.78 is 1.55. The molecule has 4 heteroatoms. The van der Waals surface area contributed by atoms with Gasteiger partial charge in [-0.2, -0.15) is 0 Å². The third-order valence-electron chi connectivity index (χ3n) is 2.41. The molecule has 1 rings (SSSR count). The van der Waals surface area contributed by atoms with Crippen LogP contribution in [0.25, 0.3) is 0 Å². The van der Waals surface area contributed by atoms with Gasteiger partial charge in [0.2, 0.25) is 0 Å². The number of nitrogens with one attached hydrogen (secondary N) is 1. The normalized spacial score (nSPS) is 15.3. The lowest BCUT2D eigenvalue weighted by molar-refractivity contribution is 0.453. The first-order valence-corrected chi connectivity index (χ1v) is 6.82. The van der Waals surface area contributed by atoms with Gasteiger partial charge in [-0.3, -0.25) is 0 Å². The molecule has 1 heterocycles. The molecule has 0 aliphatic rings. The van der Waals surface area contributed by atoms with Crippen molar-refractivity contribution in [2.45, 2.75) is 45.7 Å². The molecule has 15 heavy (non-hydrogen) atoms. The molecular formula is C11H17Cl2NS. The maximum atomic E-state index is 6.09. The molecule has 0 aliphatic heterocycles. The summed E-state index contributed by atoms with van der Waals surface area (Å²) in [5.74, 6) is 0. The predicted octanol–water partition coefficient (Wildman–Crippen LogP) is 4.89. The Kier molecular flexibility index (Phi) is 5.41. The third-order valence-corrected chi connectivity index (χ3v) is 3.92. The van der Waals surface area contributed by atoms with Crippen LogP contribution in [-0.4, -0.2) is 6.04 Å². The molecule has 1 nitrogen and oxygen atoms in total. The van der Waals surface area contributed by atoms with Crippen LogP contribution in [0.3, 0.4) is 0 Å². The molecule has 0 amide bonds. The zero-order chi connectivity index (χ0) is 11.4. The zero-order valence-corrected chi connectivity index (χ0v) is 11.6. The van der Waals surface area contributed by atoms with Gasteiger partial charge in [0.15, 0.2) is 0 Å². The number of thiophene rings is 1. The Labute approximate surface area is 106 Å². The van der Waals surface area contributed by atoms with Crippen molar-refractivity contribution in [3.8, 4) is 0 Å². The molecule has 86 valence electrons. The first-order valence-electron chi connectivity index (χ1n) is 5.25. The van der Waals surface area contributed by atoms with Gasteiger partial charge >= 0.3 is 0 Å². The van der Waals surface area contributed by atoms with E-state index in [1.54, 1.807) is 0 Å². The van der Waals surface area contributed by atoms with Crippen LogP contribution in [0.4, 0.5) is 0 Å². The molecule has 0 saturated heterocycles. The van der Waals surface area contributed by atoms with Gasteiger partial charge in [0, 0.05) is 12.1 Å². The summed E-state index contributed by atoms with van der Waals surface area (Å²) in [5.41, 5.74) is 1.11. The van der Waals surface area contributed by atoms with E-state index in [1.807, 2.05) is 6.07 Å². The van der Waals surface area contributed by atoms with Crippen LogP contribution in [0.5, 0.6) is 0 Å². The van der Waals surface area contributed by atoms with Crippen LogP contribution in [-0.2, 0) is 0 Å².